The normalized spacial score (nSPS) is 20.3. The number of hydrogen-bond acceptors (Lipinski definition) is 5. The van der Waals surface area contributed by atoms with Crippen LogP contribution in [0.25, 0.3) is 0 Å². The molecular formula is C21H26F2N4O4. The molecule has 1 aromatic carbocycles. The quantitative estimate of drug-likeness (QED) is 0.573. The summed E-state index contributed by atoms with van der Waals surface area (Å²) in [7, 11) is 0. The molecule has 3 amide bonds. The summed E-state index contributed by atoms with van der Waals surface area (Å²) in [6.07, 6.45) is 0.980. The smallest absolute Gasteiger partial charge is 0.265 e. The summed E-state index contributed by atoms with van der Waals surface area (Å²) in [6.45, 7) is 1.06. The monoisotopic (exact) mass is 436 g/mol. The second-order valence-electron chi connectivity index (χ2n) is 8.34. The molecule has 0 aromatic heterocycles. The maximum Gasteiger partial charge on any atom is 0.265 e. The molecular weight excluding hydrogens is 410 g/mol. The zero-order chi connectivity index (χ0) is 22.1. The molecule has 0 radical (unpaired) electrons. The molecule has 4 rings (SSSR count). The zero-order valence-electron chi connectivity index (χ0n) is 17.1. The lowest BCUT2D eigenvalue weighted by Crippen LogP contribution is -2.53. The molecule has 1 saturated heterocycles. The van der Waals surface area contributed by atoms with Crippen molar-refractivity contribution < 1.29 is 27.9 Å². The van der Waals surface area contributed by atoms with Crippen molar-refractivity contribution >= 4 is 29.1 Å². The van der Waals surface area contributed by atoms with Gasteiger partial charge in [0.25, 0.3) is 18.2 Å². The van der Waals surface area contributed by atoms with Gasteiger partial charge in [-0.3, -0.25) is 19.3 Å². The Morgan fingerprint density at radius 2 is 2.00 bits per heavy atom. The third kappa shape index (κ3) is 5.01. The summed E-state index contributed by atoms with van der Waals surface area (Å²) in [5, 5.41) is 2.48. The average molecular weight is 436 g/mol. The van der Waals surface area contributed by atoms with Crippen molar-refractivity contribution in [3.63, 3.8) is 0 Å². The van der Waals surface area contributed by atoms with Crippen LogP contribution in [0.4, 0.5) is 20.2 Å². The van der Waals surface area contributed by atoms with E-state index in [4.69, 9.17) is 10.5 Å². The van der Waals surface area contributed by atoms with Gasteiger partial charge in [-0.1, -0.05) is 0 Å². The Balaban J connectivity index is 1.55. The summed E-state index contributed by atoms with van der Waals surface area (Å²) in [4.78, 5) is 40.3. The Bertz CT molecular complexity index is 873. The number of rotatable bonds is 9. The van der Waals surface area contributed by atoms with Gasteiger partial charge in [0.1, 0.15) is 6.61 Å². The van der Waals surface area contributed by atoms with Crippen LogP contribution in [0.2, 0.25) is 0 Å². The van der Waals surface area contributed by atoms with Gasteiger partial charge in [0, 0.05) is 36.1 Å². The highest BCUT2D eigenvalue weighted by Gasteiger charge is 2.43. The van der Waals surface area contributed by atoms with Crippen LogP contribution in [0.5, 0.6) is 0 Å². The number of ether oxygens (including phenoxy) is 1. The van der Waals surface area contributed by atoms with Crippen LogP contribution >= 0.6 is 0 Å². The minimum atomic E-state index is -2.88. The number of nitrogens with two attached hydrogens (primary N) is 1. The first-order valence-corrected chi connectivity index (χ1v) is 10.5. The van der Waals surface area contributed by atoms with E-state index in [0.717, 1.165) is 25.7 Å². The number of primary amides is 1. The molecule has 10 heteroatoms. The van der Waals surface area contributed by atoms with Crippen molar-refractivity contribution in [3.8, 4) is 0 Å². The van der Waals surface area contributed by atoms with Gasteiger partial charge in [-0.05, 0) is 49.8 Å². The maximum absolute atomic E-state index is 13.8. The molecule has 2 aliphatic carbocycles. The van der Waals surface area contributed by atoms with Gasteiger partial charge in [-0.2, -0.15) is 0 Å². The summed E-state index contributed by atoms with van der Waals surface area (Å²) in [5.74, 6) is -1.38. The van der Waals surface area contributed by atoms with E-state index < -0.39 is 29.8 Å². The molecule has 1 atom stereocenters. The molecule has 0 unspecified atom stereocenters. The van der Waals surface area contributed by atoms with E-state index in [-0.39, 0.29) is 30.8 Å². The molecule has 1 aromatic rings. The van der Waals surface area contributed by atoms with Crippen LogP contribution in [-0.2, 0) is 19.1 Å². The number of benzene rings is 1. The molecule has 31 heavy (non-hydrogen) atoms. The molecule has 3 N–H and O–H groups in total. The van der Waals surface area contributed by atoms with Gasteiger partial charge in [-0.25, -0.2) is 8.78 Å². The van der Waals surface area contributed by atoms with E-state index >= 15 is 0 Å². The Kier molecular flexibility index (Phi) is 6.19. The predicted octanol–water partition coefficient (Wildman–Crippen LogP) is 1.65. The molecule has 3 aliphatic rings. The van der Waals surface area contributed by atoms with Crippen molar-refractivity contribution in [3.05, 3.63) is 23.8 Å². The first kappa shape index (κ1) is 21.6. The lowest BCUT2D eigenvalue weighted by Gasteiger charge is -2.29. The van der Waals surface area contributed by atoms with Gasteiger partial charge >= 0.3 is 0 Å². The van der Waals surface area contributed by atoms with E-state index in [9.17, 15) is 23.2 Å². The third-order valence-electron chi connectivity index (χ3n) is 5.86. The molecule has 3 fully saturated rings. The van der Waals surface area contributed by atoms with E-state index in [2.05, 4.69) is 5.32 Å². The van der Waals surface area contributed by atoms with Crippen LogP contribution in [0.15, 0.2) is 18.2 Å². The fourth-order valence-corrected chi connectivity index (χ4v) is 3.92. The lowest BCUT2D eigenvalue weighted by atomic mass is 10.1. The fraction of sp³-hybridized carbons (Fsp3) is 0.571. The topological polar surface area (TPSA) is 105 Å². The van der Waals surface area contributed by atoms with Crippen LogP contribution in [-0.4, -0.2) is 61.0 Å². The van der Waals surface area contributed by atoms with Crippen molar-refractivity contribution in [2.24, 2.45) is 11.7 Å². The van der Waals surface area contributed by atoms with Gasteiger partial charge in [0.05, 0.1) is 6.61 Å². The van der Waals surface area contributed by atoms with E-state index in [0.29, 0.717) is 24.8 Å². The van der Waals surface area contributed by atoms with Gasteiger partial charge in [0.15, 0.2) is 6.04 Å². The second-order valence-corrected chi connectivity index (χ2v) is 8.34. The molecule has 1 aliphatic heterocycles. The predicted molar refractivity (Wildman–Crippen MR) is 109 cm³/mol. The molecule has 0 spiro atoms. The standard InChI is InChI=1S/C21H26F2N4O4/c22-19(23)15-9-14(26-7-8-31-11-17(26)28)5-6-16(15)25-21(30)18(20(24)29)27(13-3-4-13)10-12-1-2-12/h5-6,9,12-13,18-19H,1-4,7-8,10-11H2,(H2,24,29)(H,25,30)/t18-/m1/s1. The number of hydrogen-bond donors (Lipinski definition) is 2. The summed E-state index contributed by atoms with van der Waals surface area (Å²) in [6, 6.07) is 2.92. The molecule has 168 valence electrons. The Morgan fingerprint density at radius 3 is 2.58 bits per heavy atom. The van der Waals surface area contributed by atoms with Crippen LogP contribution in [0, 0.1) is 5.92 Å². The van der Waals surface area contributed by atoms with E-state index in [1.165, 1.54) is 23.1 Å². The first-order chi connectivity index (χ1) is 14.8. The minimum Gasteiger partial charge on any atom is -0.370 e. The second kappa shape index (κ2) is 8.88. The first-order valence-electron chi connectivity index (χ1n) is 10.5. The SMILES string of the molecule is NC(=O)[C@H](C(=O)Nc1ccc(N2CCOCC2=O)cc1C(F)F)N(CC1CC1)C1CC1. The third-order valence-corrected chi connectivity index (χ3v) is 5.86. The Hall–Kier alpha value is -2.59. The number of morpholine rings is 1. The number of carbonyl (C=O) groups is 3. The number of nitrogens with zero attached hydrogens (tertiary/aromatic N) is 2. The van der Waals surface area contributed by atoms with Crippen LogP contribution in [0.1, 0.15) is 37.7 Å². The Morgan fingerprint density at radius 1 is 1.26 bits per heavy atom. The van der Waals surface area contributed by atoms with Crippen molar-refractivity contribution in [2.75, 3.05) is 36.5 Å². The van der Waals surface area contributed by atoms with E-state index in [1.54, 1.807) is 0 Å². The highest BCUT2D eigenvalue weighted by atomic mass is 19.3. The minimum absolute atomic E-state index is 0.0992. The lowest BCUT2D eigenvalue weighted by molar-refractivity contribution is -0.133. The van der Waals surface area contributed by atoms with Crippen molar-refractivity contribution in [1.82, 2.24) is 4.90 Å². The average Bonchev–Trinajstić information content (AvgIpc) is 3.61. The van der Waals surface area contributed by atoms with E-state index in [1.807, 2.05) is 4.90 Å². The highest BCUT2D eigenvalue weighted by molar-refractivity contribution is 6.10. The number of carbonyl (C=O) groups excluding carboxylic acids is 3. The molecule has 0 bridgehead atoms. The van der Waals surface area contributed by atoms with Crippen LogP contribution in [0.3, 0.4) is 0 Å². The Labute approximate surface area is 178 Å². The number of anilines is 2. The van der Waals surface area contributed by atoms with Crippen molar-refractivity contribution in [2.45, 2.75) is 44.2 Å². The number of alkyl halides is 2. The number of nitrogens with one attached hydrogen (secondary N) is 1. The summed E-state index contributed by atoms with van der Waals surface area (Å²) >= 11 is 0. The number of amides is 3. The van der Waals surface area contributed by atoms with Gasteiger partial charge in [0.2, 0.25) is 5.91 Å². The summed E-state index contributed by atoms with van der Waals surface area (Å²) < 4.78 is 32.6. The molecule has 1 heterocycles. The molecule has 2 saturated carbocycles. The maximum atomic E-state index is 13.8. The van der Waals surface area contributed by atoms with Crippen LogP contribution < -0.4 is 16.0 Å². The highest BCUT2D eigenvalue weighted by Crippen LogP contribution is 2.37. The fourth-order valence-electron chi connectivity index (χ4n) is 3.92. The molecule has 8 nitrogen and oxygen atoms in total. The zero-order valence-corrected chi connectivity index (χ0v) is 17.1. The van der Waals surface area contributed by atoms with Crippen molar-refractivity contribution in [1.29, 1.82) is 0 Å². The van der Waals surface area contributed by atoms with Gasteiger partial charge < -0.3 is 20.7 Å². The number of halogens is 2. The summed E-state index contributed by atoms with van der Waals surface area (Å²) in [5.41, 5.74) is 5.33. The van der Waals surface area contributed by atoms with Gasteiger partial charge in [-0.15, -0.1) is 0 Å². The largest absolute Gasteiger partial charge is 0.370 e.